The van der Waals surface area contributed by atoms with E-state index in [9.17, 15) is 18.0 Å². The van der Waals surface area contributed by atoms with Crippen LogP contribution in [0.4, 0.5) is 10.5 Å². The summed E-state index contributed by atoms with van der Waals surface area (Å²) in [5, 5.41) is 5.74. The number of sulfone groups is 1. The zero-order chi connectivity index (χ0) is 20.1. The number of piperazine rings is 1. The molecule has 2 N–H and O–H groups in total. The molecule has 2 saturated heterocycles. The smallest absolute Gasteiger partial charge is 0.317 e. The van der Waals surface area contributed by atoms with Crippen molar-refractivity contribution in [3.8, 4) is 0 Å². The number of anilines is 1. The predicted molar refractivity (Wildman–Crippen MR) is 108 cm³/mol. The van der Waals surface area contributed by atoms with Crippen molar-refractivity contribution in [1.29, 1.82) is 0 Å². The maximum atomic E-state index is 12.3. The minimum atomic E-state index is -2.92. The summed E-state index contributed by atoms with van der Waals surface area (Å²) < 4.78 is 23.0. The molecule has 0 bridgehead atoms. The van der Waals surface area contributed by atoms with E-state index in [2.05, 4.69) is 10.6 Å². The molecule has 0 spiro atoms. The summed E-state index contributed by atoms with van der Waals surface area (Å²) in [6, 6.07) is 7.51. The molecular formula is C19H28N4O4S. The Labute approximate surface area is 166 Å². The highest BCUT2D eigenvalue weighted by molar-refractivity contribution is 7.91. The molecular weight excluding hydrogens is 380 g/mol. The Morgan fingerprint density at radius 1 is 1.11 bits per heavy atom. The molecule has 0 unspecified atom stereocenters. The number of urea groups is 1. The lowest BCUT2D eigenvalue weighted by Gasteiger charge is -2.34. The number of amides is 3. The molecule has 3 amide bonds. The average Bonchev–Trinajstić information content (AvgIpc) is 3.01. The third-order valence-corrected chi connectivity index (χ3v) is 7.07. The van der Waals surface area contributed by atoms with Crippen molar-refractivity contribution >= 4 is 27.5 Å². The highest BCUT2D eigenvalue weighted by atomic mass is 32.2. The lowest BCUT2D eigenvalue weighted by molar-refractivity contribution is -0.117. The van der Waals surface area contributed by atoms with Gasteiger partial charge >= 0.3 is 6.03 Å². The van der Waals surface area contributed by atoms with Crippen molar-refractivity contribution in [3.05, 3.63) is 29.8 Å². The summed E-state index contributed by atoms with van der Waals surface area (Å²) in [6.45, 7) is 5.05. The van der Waals surface area contributed by atoms with Gasteiger partial charge in [-0.25, -0.2) is 13.2 Å². The van der Waals surface area contributed by atoms with Gasteiger partial charge in [0.15, 0.2) is 9.84 Å². The Morgan fingerprint density at radius 3 is 2.39 bits per heavy atom. The Kier molecular flexibility index (Phi) is 6.56. The number of nitrogens with one attached hydrogen (secondary N) is 2. The molecule has 0 radical (unpaired) electrons. The van der Waals surface area contributed by atoms with Gasteiger partial charge in [0, 0.05) is 38.4 Å². The zero-order valence-electron chi connectivity index (χ0n) is 16.2. The minimum Gasteiger partial charge on any atom is -0.338 e. The highest BCUT2D eigenvalue weighted by Crippen LogP contribution is 2.17. The Balaban J connectivity index is 1.36. The lowest BCUT2D eigenvalue weighted by atomic mass is 10.1. The van der Waals surface area contributed by atoms with Crippen LogP contribution in [0.5, 0.6) is 0 Å². The van der Waals surface area contributed by atoms with E-state index in [1.54, 1.807) is 4.90 Å². The van der Waals surface area contributed by atoms with Gasteiger partial charge in [-0.05, 0) is 31.4 Å². The Bertz CT molecular complexity index is 802. The van der Waals surface area contributed by atoms with Gasteiger partial charge in [0.05, 0.1) is 18.1 Å². The number of aryl methyl sites for hydroxylation is 1. The summed E-state index contributed by atoms with van der Waals surface area (Å²) in [5.74, 6) is 0.332. The second kappa shape index (κ2) is 8.91. The fraction of sp³-hybridized carbons (Fsp3) is 0.579. The molecule has 0 aliphatic carbocycles. The molecule has 154 valence electrons. The minimum absolute atomic E-state index is 0.0145. The van der Waals surface area contributed by atoms with Crippen LogP contribution in [0, 0.1) is 12.8 Å². The molecule has 8 nitrogen and oxygen atoms in total. The van der Waals surface area contributed by atoms with Crippen LogP contribution < -0.4 is 10.6 Å². The second-order valence-corrected chi connectivity index (χ2v) is 9.86. The van der Waals surface area contributed by atoms with Crippen molar-refractivity contribution < 1.29 is 18.0 Å². The predicted octanol–water partition coefficient (Wildman–Crippen LogP) is 0.695. The van der Waals surface area contributed by atoms with E-state index < -0.39 is 9.84 Å². The summed E-state index contributed by atoms with van der Waals surface area (Å²) in [4.78, 5) is 28.2. The summed E-state index contributed by atoms with van der Waals surface area (Å²) in [7, 11) is -2.92. The van der Waals surface area contributed by atoms with Gasteiger partial charge in [-0.1, -0.05) is 17.7 Å². The monoisotopic (exact) mass is 408 g/mol. The molecule has 9 heteroatoms. The standard InChI is InChI=1S/C19H28N4O4S/c1-15-2-4-17(5-3-15)21-18(24)13-22-7-9-23(10-8-22)19(25)20-12-16-6-11-28(26,27)14-16/h2-5,16H,6-14H2,1H3,(H,20,25)(H,21,24)/t16-/m0/s1. The van der Waals surface area contributed by atoms with Crippen molar-refractivity contribution in [2.45, 2.75) is 13.3 Å². The quantitative estimate of drug-likeness (QED) is 0.747. The topological polar surface area (TPSA) is 98.8 Å². The van der Waals surface area contributed by atoms with E-state index in [-0.39, 0.29) is 29.4 Å². The third kappa shape index (κ3) is 5.93. The van der Waals surface area contributed by atoms with Crippen LogP contribution in [0.1, 0.15) is 12.0 Å². The molecule has 1 aromatic carbocycles. The maximum absolute atomic E-state index is 12.3. The number of hydrogen-bond donors (Lipinski definition) is 2. The first-order valence-electron chi connectivity index (χ1n) is 9.63. The van der Waals surface area contributed by atoms with Crippen LogP contribution in [0.3, 0.4) is 0 Å². The van der Waals surface area contributed by atoms with E-state index in [4.69, 9.17) is 0 Å². The molecule has 2 fully saturated rings. The van der Waals surface area contributed by atoms with Gasteiger partial charge in [0.1, 0.15) is 0 Å². The fourth-order valence-electron chi connectivity index (χ4n) is 3.53. The molecule has 28 heavy (non-hydrogen) atoms. The molecule has 0 aromatic heterocycles. The van der Waals surface area contributed by atoms with E-state index in [1.165, 1.54) is 0 Å². The van der Waals surface area contributed by atoms with Gasteiger partial charge in [-0.15, -0.1) is 0 Å². The first kappa shape index (κ1) is 20.6. The molecule has 1 aromatic rings. The Hall–Kier alpha value is -2.13. The van der Waals surface area contributed by atoms with E-state index in [0.29, 0.717) is 45.7 Å². The van der Waals surface area contributed by atoms with Crippen LogP contribution in [-0.2, 0) is 14.6 Å². The van der Waals surface area contributed by atoms with Crippen molar-refractivity contribution in [2.75, 3.05) is 56.1 Å². The SMILES string of the molecule is Cc1ccc(NC(=O)CN2CCN(C(=O)NC[C@@H]3CCS(=O)(=O)C3)CC2)cc1. The van der Waals surface area contributed by atoms with Gasteiger partial charge in [-0.3, -0.25) is 9.69 Å². The van der Waals surface area contributed by atoms with Crippen LogP contribution in [0.15, 0.2) is 24.3 Å². The molecule has 1 atom stereocenters. The van der Waals surface area contributed by atoms with Crippen molar-refractivity contribution in [2.24, 2.45) is 5.92 Å². The normalized spacial score (nSPS) is 22.0. The van der Waals surface area contributed by atoms with Gasteiger partial charge < -0.3 is 15.5 Å². The van der Waals surface area contributed by atoms with E-state index in [0.717, 1.165) is 11.3 Å². The number of nitrogens with zero attached hydrogens (tertiary/aromatic N) is 2. The largest absolute Gasteiger partial charge is 0.338 e. The van der Waals surface area contributed by atoms with Gasteiger partial charge in [-0.2, -0.15) is 0 Å². The number of rotatable bonds is 5. The van der Waals surface area contributed by atoms with Crippen LogP contribution in [0.25, 0.3) is 0 Å². The first-order chi connectivity index (χ1) is 13.3. The summed E-state index contributed by atoms with van der Waals surface area (Å²) in [5.41, 5.74) is 1.92. The lowest BCUT2D eigenvalue weighted by Crippen LogP contribution is -2.53. The molecule has 2 aliphatic heterocycles. The van der Waals surface area contributed by atoms with Crippen LogP contribution in [0.2, 0.25) is 0 Å². The van der Waals surface area contributed by atoms with Crippen LogP contribution in [-0.4, -0.2) is 80.9 Å². The molecule has 2 heterocycles. The van der Waals surface area contributed by atoms with Gasteiger partial charge in [0.25, 0.3) is 0 Å². The maximum Gasteiger partial charge on any atom is 0.317 e. The Morgan fingerprint density at radius 2 is 1.79 bits per heavy atom. The van der Waals surface area contributed by atoms with Crippen molar-refractivity contribution in [1.82, 2.24) is 15.1 Å². The fourth-order valence-corrected chi connectivity index (χ4v) is 5.39. The highest BCUT2D eigenvalue weighted by Gasteiger charge is 2.29. The number of carbonyl (C=O) groups excluding carboxylic acids is 2. The summed E-state index contributed by atoms with van der Waals surface area (Å²) in [6.07, 6.45) is 0.618. The second-order valence-electron chi connectivity index (χ2n) is 7.63. The number of hydrogen-bond acceptors (Lipinski definition) is 5. The zero-order valence-corrected chi connectivity index (χ0v) is 17.0. The molecule has 0 saturated carbocycles. The molecule has 2 aliphatic rings. The van der Waals surface area contributed by atoms with Crippen molar-refractivity contribution in [3.63, 3.8) is 0 Å². The van der Waals surface area contributed by atoms with Gasteiger partial charge in [0.2, 0.25) is 5.91 Å². The molecule has 3 rings (SSSR count). The number of carbonyl (C=O) groups is 2. The summed E-state index contributed by atoms with van der Waals surface area (Å²) >= 11 is 0. The number of benzene rings is 1. The van der Waals surface area contributed by atoms with E-state index >= 15 is 0 Å². The van der Waals surface area contributed by atoms with Crippen LogP contribution >= 0.6 is 0 Å². The van der Waals surface area contributed by atoms with E-state index in [1.807, 2.05) is 36.1 Å². The average molecular weight is 409 g/mol. The third-order valence-electron chi connectivity index (χ3n) is 5.23. The first-order valence-corrected chi connectivity index (χ1v) is 11.4.